The van der Waals surface area contributed by atoms with Gasteiger partial charge in [-0.2, -0.15) is 0 Å². The first-order valence-corrected chi connectivity index (χ1v) is 9.63. The lowest BCUT2D eigenvalue weighted by molar-refractivity contribution is -0.109. The molecule has 0 saturated carbocycles. The van der Waals surface area contributed by atoms with Crippen molar-refractivity contribution in [1.29, 1.82) is 0 Å². The van der Waals surface area contributed by atoms with Gasteiger partial charge in [-0.1, -0.05) is 42.1 Å². The van der Waals surface area contributed by atoms with Crippen LogP contribution < -0.4 is 15.6 Å². The highest BCUT2D eigenvalue weighted by Gasteiger charge is 2.13. The predicted molar refractivity (Wildman–Crippen MR) is 107 cm³/mol. The van der Waals surface area contributed by atoms with Gasteiger partial charge in [0.25, 0.3) is 5.56 Å². The molecule has 0 radical (unpaired) electrons. The highest BCUT2D eigenvalue weighted by molar-refractivity contribution is 7.98. The summed E-state index contributed by atoms with van der Waals surface area (Å²) in [6.07, 6.45) is 2.59. The van der Waals surface area contributed by atoms with E-state index in [1.807, 2.05) is 36.4 Å². The lowest BCUT2D eigenvalue weighted by Crippen LogP contribution is -2.23. The molecule has 2 aromatic heterocycles. The number of nitrogens with one attached hydrogen (secondary N) is 2. The molecule has 1 amide bonds. The number of aromatic nitrogens is 3. The van der Waals surface area contributed by atoms with Gasteiger partial charge in [0.1, 0.15) is 0 Å². The number of hydrogen-bond donors (Lipinski definition) is 2. The number of pyridine rings is 1. The van der Waals surface area contributed by atoms with Gasteiger partial charge in [0, 0.05) is 30.0 Å². The van der Waals surface area contributed by atoms with E-state index >= 15 is 0 Å². The van der Waals surface area contributed by atoms with Crippen molar-refractivity contribution in [3.63, 3.8) is 0 Å². The van der Waals surface area contributed by atoms with Crippen molar-refractivity contribution in [2.45, 2.75) is 23.9 Å². The Hall–Kier alpha value is -3.13. The number of aromatic amines is 1. The fraction of sp³-hybridized carbons (Fsp3) is 0.200. The third kappa shape index (κ3) is 5.20. The third-order valence-corrected chi connectivity index (χ3v) is 4.98. The molecule has 2 N–H and O–H groups in total. The van der Waals surface area contributed by atoms with Crippen LogP contribution in [0.3, 0.4) is 0 Å². The van der Waals surface area contributed by atoms with Crippen LogP contribution in [-0.2, 0) is 23.5 Å². The molecule has 0 aliphatic heterocycles. The summed E-state index contributed by atoms with van der Waals surface area (Å²) in [5.41, 5.74) is 2.84. The fourth-order valence-corrected chi connectivity index (χ4v) is 3.49. The Bertz CT molecular complexity index is 992. The highest BCUT2D eigenvalue weighted by atomic mass is 32.2. The standard InChI is InChI=1S/C20H20N4O3S/c1-27-18-10-15(7-8-22-18)9-16-17(11-21-13-25)23-20(24-19(16)26)28-12-14-5-3-2-4-6-14/h2-8,10,13H,9,11-12H2,1H3,(H,21,25)(H,23,24,26). The summed E-state index contributed by atoms with van der Waals surface area (Å²) in [7, 11) is 1.54. The van der Waals surface area contributed by atoms with Crippen LogP contribution in [0.2, 0.25) is 0 Å². The van der Waals surface area contributed by atoms with Crippen molar-refractivity contribution in [2.24, 2.45) is 0 Å². The van der Waals surface area contributed by atoms with E-state index < -0.39 is 0 Å². The number of rotatable bonds is 9. The van der Waals surface area contributed by atoms with E-state index in [0.717, 1.165) is 11.1 Å². The molecule has 0 aliphatic rings. The molecule has 0 aliphatic carbocycles. The van der Waals surface area contributed by atoms with Gasteiger partial charge in [-0.3, -0.25) is 9.59 Å². The first kappa shape index (κ1) is 19.6. The monoisotopic (exact) mass is 396 g/mol. The van der Waals surface area contributed by atoms with E-state index in [-0.39, 0.29) is 12.1 Å². The Kier molecular flexibility index (Phi) is 6.80. The van der Waals surface area contributed by atoms with Gasteiger partial charge in [-0.05, 0) is 17.2 Å². The Balaban J connectivity index is 1.86. The van der Waals surface area contributed by atoms with Crippen molar-refractivity contribution in [2.75, 3.05) is 7.11 Å². The molecule has 1 aromatic carbocycles. The summed E-state index contributed by atoms with van der Waals surface area (Å²) in [6.45, 7) is 0.184. The lowest BCUT2D eigenvalue weighted by Gasteiger charge is -2.10. The topological polar surface area (TPSA) is 97.0 Å². The Morgan fingerprint density at radius 1 is 1.21 bits per heavy atom. The molecular weight excluding hydrogens is 376 g/mol. The van der Waals surface area contributed by atoms with E-state index in [1.54, 1.807) is 19.4 Å². The molecule has 0 atom stereocenters. The molecule has 0 bridgehead atoms. The Morgan fingerprint density at radius 2 is 2.04 bits per heavy atom. The van der Waals surface area contributed by atoms with Gasteiger partial charge in [0.2, 0.25) is 12.3 Å². The van der Waals surface area contributed by atoms with Crippen molar-refractivity contribution >= 4 is 18.2 Å². The quantitative estimate of drug-likeness (QED) is 0.327. The number of nitrogens with zero attached hydrogens (tertiary/aromatic N) is 2. The van der Waals surface area contributed by atoms with E-state index in [1.165, 1.54) is 11.8 Å². The normalized spacial score (nSPS) is 10.5. The molecule has 28 heavy (non-hydrogen) atoms. The summed E-state index contributed by atoms with van der Waals surface area (Å²) >= 11 is 1.44. The first-order chi connectivity index (χ1) is 13.7. The number of amides is 1. The molecule has 8 heteroatoms. The summed E-state index contributed by atoms with van der Waals surface area (Å²) < 4.78 is 5.14. The highest BCUT2D eigenvalue weighted by Crippen LogP contribution is 2.20. The zero-order chi connectivity index (χ0) is 19.8. The molecular formula is C20H20N4O3S. The van der Waals surface area contributed by atoms with Gasteiger partial charge in [0.15, 0.2) is 5.16 Å². The molecule has 144 valence electrons. The Labute approximate surface area is 166 Å². The molecule has 0 spiro atoms. The van der Waals surface area contributed by atoms with Gasteiger partial charge >= 0.3 is 0 Å². The summed E-state index contributed by atoms with van der Waals surface area (Å²) in [5, 5.41) is 3.12. The minimum absolute atomic E-state index is 0.184. The fourth-order valence-electron chi connectivity index (χ4n) is 2.66. The molecule has 0 unspecified atom stereocenters. The second kappa shape index (κ2) is 9.70. The number of hydrogen-bond acceptors (Lipinski definition) is 6. The van der Waals surface area contributed by atoms with Crippen LogP contribution in [0.25, 0.3) is 0 Å². The van der Waals surface area contributed by atoms with Crippen LogP contribution >= 0.6 is 11.8 Å². The second-order valence-electron chi connectivity index (χ2n) is 5.95. The summed E-state index contributed by atoms with van der Waals surface area (Å²) in [6, 6.07) is 13.5. The molecule has 7 nitrogen and oxygen atoms in total. The smallest absolute Gasteiger partial charge is 0.255 e. The molecule has 3 aromatic rings. The van der Waals surface area contributed by atoms with E-state index in [0.29, 0.717) is 40.9 Å². The van der Waals surface area contributed by atoms with Crippen molar-refractivity contribution in [1.82, 2.24) is 20.3 Å². The van der Waals surface area contributed by atoms with E-state index in [4.69, 9.17) is 4.74 Å². The maximum Gasteiger partial charge on any atom is 0.255 e. The van der Waals surface area contributed by atoms with Crippen LogP contribution in [0.4, 0.5) is 0 Å². The van der Waals surface area contributed by atoms with Gasteiger partial charge in [-0.25, -0.2) is 9.97 Å². The van der Waals surface area contributed by atoms with Crippen molar-refractivity contribution in [3.05, 3.63) is 81.4 Å². The number of methoxy groups -OCH3 is 1. The van der Waals surface area contributed by atoms with Crippen LogP contribution in [0.1, 0.15) is 22.4 Å². The molecule has 2 heterocycles. The largest absolute Gasteiger partial charge is 0.481 e. The number of H-pyrrole nitrogens is 1. The Morgan fingerprint density at radius 3 is 2.79 bits per heavy atom. The minimum atomic E-state index is -0.218. The molecule has 0 fully saturated rings. The van der Waals surface area contributed by atoms with Crippen LogP contribution in [0, 0.1) is 0 Å². The van der Waals surface area contributed by atoms with Gasteiger partial charge < -0.3 is 15.0 Å². The SMILES string of the molecule is COc1cc(Cc2c(CNC=O)nc(SCc3ccccc3)[nH]c2=O)ccn1. The van der Waals surface area contributed by atoms with Crippen LogP contribution in [-0.4, -0.2) is 28.5 Å². The number of ether oxygens (including phenoxy) is 1. The number of carbonyl (C=O) groups is 1. The van der Waals surface area contributed by atoms with Crippen molar-refractivity contribution in [3.8, 4) is 5.88 Å². The number of carbonyl (C=O) groups excluding carboxylic acids is 1. The van der Waals surface area contributed by atoms with Gasteiger partial charge in [0.05, 0.1) is 19.3 Å². The zero-order valence-corrected chi connectivity index (χ0v) is 16.2. The number of thioether (sulfide) groups is 1. The maximum absolute atomic E-state index is 12.7. The van der Waals surface area contributed by atoms with Crippen LogP contribution in [0.15, 0.2) is 58.6 Å². The maximum atomic E-state index is 12.7. The summed E-state index contributed by atoms with van der Waals surface area (Å²) in [4.78, 5) is 35.0. The zero-order valence-electron chi connectivity index (χ0n) is 15.3. The van der Waals surface area contributed by atoms with Crippen LogP contribution in [0.5, 0.6) is 5.88 Å². The van der Waals surface area contributed by atoms with Gasteiger partial charge in [-0.15, -0.1) is 0 Å². The summed E-state index contributed by atoms with van der Waals surface area (Å²) in [5.74, 6) is 1.16. The molecule has 3 rings (SSSR count). The third-order valence-electron chi connectivity index (χ3n) is 4.04. The van der Waals surface area contributed by atoms with Crippen molar-refractivity contribution < 1.29 is 9.53 Å². The predicted octanol–water partition coefficient (Wildman–Crippen LogP) is 2.30. The van der Waals surface area contributed by atoms with E-state index in [2.05, 4.69) is 20.3 Å². The minimum Gasteiger partial charge on any atom is -0.481 e. The second-order valence-corrected chi connectivity index (χ2v) is 6.92. The molecule has 0 saturated heterocycles. The average Bonchev–Trinajstić information content (AvgIpc) is 2.73. The number of benzene rings is 1. The van der Waals surface area contributed by atoms with E-state index in [9.17, 15) is 9.59 Å². The lowest BCUT2D eigenvalue weighted by atomic mass is 10.1. The average molecular weight is 396 g/mol. The first-order valence-electron chi connectivity index (χ1n) is 8.64.